The zero-order valence-corrected chi connectivity index (χ0v) is 14.7. The largest absolute Gasteiger partial charge is 0.325 e. The van der Waals surface area contributed by atoms with E-state index in [0.717, 1.165) is 15.6 Å². The van der Waals surface area contributed by atoms with Gasteiger partial charge >= 0.3 is 0 Å². The Bertz CT molecular complexity index is 833. The van der Waals surface area contributed by atoms with E-state index in [1.807, 2.05) is 0 Å². The summed E-state index contributed by atoms with van der Waals surface area (Å²) in [4.78, 5) is 12.1. The van der Waals surface area contributed by atoms with E-state index in [2.05, 4.69) is 11.9 Å². The Morgan fingerprint density at radius 3 is 2.75 bits per heavy atom. The van der Waals surface area contributed by atoms with E-state index >= 15 is 0 Å². The number of amides is 1. The van der Waals surface area contributed by atoms with Crippen LogP contribution in [-0.2, 0) is 14.8 Å². The molecular formula is C16H17FN2O3S2. The minimum atomic E-state index is -3.78. The molecule has 128 valence electrons. The number of benzene rings is 1. The van der Waals surface area contributed by atoms with Crippen molar-refractivity contribution in [2.24, 2.45) is 0 Å². The molecule has 0 unspecified atom stereocenters. The second kappa shape index (κ2) is 7.69. The molecule has 24 heavy (non-hydrogen) atoms. The van der Waals surface area contributed by atoms with Gasteiger partial charge in [0.2, 0.25) is 5.91 Å². The highest BCUT2D eigenvalue weighted by Crippen LogP contribution is 2.21. The molecule has 0 aliphatic rings. The number of carbonyl (C=O) groups is 1. The van der Waals surface area contributed by atoms with Gasteiger partial charge in [-0.2, -0.15) is 4.31 Å². The van der Waals surface area contributed by atoms with Gasteiger partial charge in [-0.15, -0.1) is 17.9 Å². The van der Waals surface area contributed by atoms with Gasteiger partial charge in [-0.3, -0.25) is 4.79 Å². The smallest absolute Gasteiger partial charge is 0.253 e. The van der Waals surface area contributed by atoms with Crippen LogP contribution in [-0.4, -0.2) is 31.7 Å². The van der Waals surface area contributed by atoms with E-state index in [-0.39, 0.29) is 23.0 Å². The van der Waals surface area contributed by atoms with Crippen molar-refractivity contribution in [1.29, 1.82) is 0 Å². The van der Waals surface area contributed by atoms with Crippen LogP contribution >= 0.6 is 11.3 Å². The lowest BCUT2D eigenvalue weighted by Gasteiger charge is -2.19. The summed E-state index contributed by atoms with van der Waals surface area (Å²) < 4.78 is 39.7. The molecule has 1 heterocycles. The minimum absolute atomic E-state index is 0.00406. The third-order valence-electron chi connectivity index (χ3n) is 3.20. The van der Waals surface area contributed by atoms with Crippen LogP contribution in [0.1, 0.15) is 5.56 Å². The van der Waals surface area contributed by atoms with E-state index in [9.17, 15) is 17.6 Å². The lowest BCUT2D eigenvalue weighted by atomic mass is 10.2. The number of nitrogens with zero attached hydrogens (tertiary/aromatic N) is 1. The standard InChI is InChI=1S/C16H17FN2O3S2/c1-3-8-19(24(21,22)16-5-4-9-23-16)11-15(20)18-13-7-6-12(2)14(17)10-13/h3-7,9-10H,1,8,11H2,2H3,(H,18,20). The van der Waals surface area contributed by atoms with Gasteiger partial charge in [-0.05, 0) is 36.1 Å². The molecule has 0 aliphatic heterocycles. The Labute approximate surface area is 144 Å². The number of thiophene rings is 1. The molecule has 1 aromatic carbocycles. The number of nitrogens with one attached hydrogen (secondary N) is 1. The van der Waals surface area contributed by atoms with E-state index in [1.54, 1.807) is 24.4 Å². The Balaban J connectivity index is 2.14. The van der Waals surface area contributed by atoms with Crippen LogP contribution < -0.4 is 5.32 Å². The first-order chi connectivity index (χ1) is 11.3. The summed E-state index contributed by atoms with van der Waals surface area (Å²) in [5, 5.41) is 4.15. The molecule has 0 aliphatic carbocycles. The number of hydrogen-bond acceptors (Lipinski definition) is 4. The topological polar surface area (TPSA) is 66.5 Å². The molecule has 0 fully saturated rings. The third-order valence-corrected chi connectivity index (χ3v) is 6.38. The normalized spacial score (nSPS) is 11.5. The van der Waals surface area contributed by atoms with E-state index < -0.39 is 21.7 Å². The summed E-state index contributed by atoms with van der Waals surface area (Å²) in [6.07, 6.45) is 1.41. The average Bonchev–Trinajstić information content (AvgIpc) is 3.05. The quantitative estimate of drug-likeness (QED) is 0.764. The molecule has 5 nitrogen and oxygen atoms in total. The second-order valence-corrected chi connectivity index (χ2v) is 8.14. The summed E-state index contributed by atoms with van der Waals surface area (Å²) in [5.74, 6) is -0.998. The highest BCUT2D eigenvalue weighted by atomic mass is 32.2. The fourth-order valence-corrected chi connectivity index (χ4v) is 4.47. The number of halogens is 1. The molecule has 0 spiro atoms. The van der Waals surface area contributed by atoms with Gasteiger partial charge in [0.05, 0.1) is 6.54 Å². The molecule has 0 radical (unpaired) electrons. The summed E-state index contributed by atoms with van der Waals surface area (Å²) >= 11 is 1.07. The summed E-state index contributed by atoms with van der Waals surface area (Å²) in [6, 6.07) is 7.39. The van der Waals surface area contributed by atoms with Crippen LogP contribution in [0, 0.1) is 12.7 Å². The maximum Gasteiger partial charge on any atom is 0.253 e. The molecule has 1 N–H and O–H groups in total. The van der Waals surface area contributed by atoms with Crippen LogP contribution in [0.3, 0.4) is 0 Å². The zero-order valence-electron chi connectivity index (χ0n) is 13.0. The van der Waals surface area contributed by atoms with Gasteiger partial charge in [0.25, 0.3) is 10.0 Å². The Hall–Kier alpha value is -2.03. The fourth-order valence-electron chi connectivity index (χ4n) is 1.96. The van der Waals surface area contributed by atoms with E-state index in [4.69, 9.17) is 0 Å². The first kappa shape index (κ1) is 18.3. The average molecular weight is 368 g/mol. The number of aryl methyl sites for hydroxylation is 1. The first-order valence-corrected chi connectivity index (χ1v) is 9.37. The number of anilines is 1. The van der Waals surface area contributed by atoms with Crippen molar-refractivity contribution in [2.45, 2.75) is 11.1 Å². The van der Waals surface area contributed by atoms with Gasteiger partial charge in [0.15, 0.2) is 0 Å². The molecule has 0 atom stereocenters. The van der Waals surface area contributed by atoms with Crippen molar-refractivity contribution >= 4 is 33.0 Å². The fraction of sp³-hybridized carbons (Fsp3) is 0.188. The zero-order chi connectivity index (χ0) is 17.7. The SMILES string of the molecule is C=CCN(CC(=O)Nc1ccc(C)c(F)c1)S(=O)(=O)c1cccs1. The second-order valence-electron chi connectivity index (χ2n) is 5.03. The van der Waals surface area contributed by atoms with Crippen molar-refractivity contribution in [2.75, 3.05) is 18.4 Å². The number of sulfonamides is 1. The minimum Gasteiger partial charge on any atom is -0.325 e. The Morgan fingerprint density at radius 1 is 1.42 bits per heavy atom. The van der Waals surface area contributed by atoms with Crippen LogP contribution in [0.15, 0.2) is 52.6 Å². The summed E-state index contributed by atoms with van der Waals surface area (Å²) in [6.45, 7) is 4.74. The molecule has 0 saturated heterocycles. The molecule has 0 bridgehead atoms. The van der Waals surface area contributed by atoms with Gasteiger partial charge < -0.3 is 5.32 Å². The Kier molecular flexibility index (Phi) is 5.87. The molecule has 2 aromatic rings. The highest BCUT2D eigenvalue weighted by Gasteiger charge is 2.26. The van der Waals surface area contributed by atoms with Gasteiger partial charge in [0, 0.05) is 12.2 Å². The molecule has 1 aromatic heterocycles. The van der Waals surface area contributed by atoms with Crippen molar-refractivity contribution < 1.29 is 17.6 Å². The van der Waals surface area contributed by atoms with Crippen molar-refractivity contribution in [3.8, 4) is 0 Å². The van der Waals surface area contributed by atoms with Gasteiger partial charge in [0.1, 0.15) is 10.0 Å². The van der Waals surface area contributed by atoms with Crippen molar-refractivity contribution in [3.05, 3.63) is 59.7 Å². The van der Waals surface area contributed by atoms with Crippen LogP contribution in [0.2, 0.25) is 0 Å². The van der Waals surface area contributed by atoms with Crippen LogP contribution in [0.25, 0.3) is 0 Å². The van der Waals surface area contributed by atoms with E-state index in [1.165, 1.54) is 24.3 Å². The molecule has 1 amide bonds. The van der Waals surface area contributed by atoms with Crippen molar-refractivity contribution in [3.63, 3.8) is 0 Å². The summed E-state index contributed by atoms with van der Waals surface area (Å²) in [5.41, 5.74) is 0.733. The third kappa shape index (κ3) is 4.28. The van der Waals surface area contributed by atoms with E-state index in [0.29, 0.717) is 5.56 Å². The van der Waals surface area contributed by atoms with Crippen LogP contribution in [0.5, 0.6) is 0 Å². The van der Waals surface area contributed by atoms with Crippen molar-refractivity contribution in [1.82, 2.24) is 4.31 Å². The van der Waals surface area contributed by atoms with Crippen LogP contribution in [0.4, 0.5) is 10.1 Å². The molecule has 0 saturated carbocycles. The number of hydrogen-bond donors (Lipinski definition) is 1. The Morgan fingerprint density at radius 2 is 2.17 bits per heavy atom. The first-order valence-electron chi connectivity index (χ1n) is 7.05. The van der Waals surface area contributed by atoms with Gasteiger partial charge in [-0.25, -0.2) is 12.8 Å². The highest BCUT2D eigenvalue weighted by molar-refractivity contribution is 7.91. The monoisotopic (exact) mass is 368 g/mol. The maximum atomic E-state index is 13.5. The maximum absolute atomic E-state index is 13.5. The predicted molar refractivity (Wildman–Crippen MR) is 93.0 cm³/mol. The lowest BCUT2D eigenvalue weighted by Crippen LogP contribution is -2.37. The number of carbonyl (C=O) groups excluding carboxylic acids is 1. The summed E-state index contributed by atoms with van der Waals surface area (Å²) in [7, 11) is -3.78. The number of rotatable bonds is 7. The molecule has 8 heteroatoms. The lowest BCUT2D eigenvalue weighted by molar-refractivity contribution is -0.116. The molecular weight excluding hydrogens is 351 g/mol. The molecule has 2 rings (SSSR count). The van der Waals surface area contributed by atoms with Gasteiger partial charge in [-0.1, -0.05) is 18.2 Å². The predicted octanol–water partition coefficient (Wildman–Crippen LogP) is 3.01.